The highest BCUT2D eigenvalue weighted by atomic mass is 16.5. The molecule has 114 valence electrons. The summed E-state index contributed by atoms with van der Waals surface area (Å²) >= 11 is 0. The molecule has 3 heteroatoms. The zero-order valence-corrected chi connectivity index (χ0v) is 13.0. The topological polar surface area (TPSA) is 45.0 Å². The SMILES string of the molecule is C[C@@H](CC1CCCCC1)NCc1ccccc1OCC#N. The van der Waals surface area contributed by atoms with Crippen molar-refractivity contribution >= 4 is 0 Å². The summed E-state index contributed by atoms with van der Waals surface area (Å²) in [6, 6.07) is 10.5. The third-order valence-electron chi connectivity index (χ3n) is 4.32. The van der Waals surface area contributed by atoms with Gasteiger partial charge in [-0.3, -0.25) is 0 Å². The number of para-hydroxylation sites is 1. The molecule has 3 nitrogen and oxygen atoms in total. The highest BCUT2D eigenvalue weighted by Gasteiger charge is 2.16. The van der Waals surface area contributed by atoms with Crippen molar-refractivity contribution in [2.75, 3.05) is 6.61 Å². The molecule has 21 heavy (non-hydrogen) atoms. The molecule has 1 fully saturated rings. The van der Waals surface area contributed by atoms with Gasteiger partial charge in [0.25, 0.3) is 0 Å². The summed E-state index contributed by atoms with van der Waals surface area (Å²) in [5.41, 5.74) is 1.13. The minimum absolute atomic E-state index is 0.106. The quantitative estimate of drug-likeness (QED) is 0.823. The second-order valence-corrected chi connectivity index (χ2v) is 6.08. The van der Waals surface area contributed by atoms with Crippen LogP contribution in [0.5, 0.6) is 5.75 Å². The Morgan fingerprint density at radius 1 is 1.29 bits per heavy atom. The van der Waals surface area contributed by atoms with E-state index in [1.807, 2.05) is 24.3 Å². The Balaban J connectivity index is 1.80. The van der Waals surface area contributed by atoms with Gasteiger partial charge in [-0.15, -0.1) is 0 Å². The van der Waals surface area contributed by atoms with Crippen molar-refractivity contribution in [3.8, 4) is 11.8 Å². The van der Waals surface area contributed by atoms with Crippen LogP contribution in [0.2, 0.25) is 0 Å². The minimum atomic E-state index is 0.106. The van der Waals surface area contributed by atoms with E-state index in [2.05, 4.69) is 18.3 Å². The van der Waals surface area contributed by atoms with Crippen molar-refractivity contribution < 1.29 is 4.74 Å². The first-order valence-corrected chi connectivity index (χ1v) is 8.10. The fraction of sp³-hybridized carbons (Fsp3) is 0.611. The number of nitrogens with one attached hydrogen (secondary N) is 1. The van der Waals surface area contributed by atoms with Crippen LogP contribution in [0.15, 0.2) is 24.3 Å². The lowest BCUT2D eigenvalue weighted by Gasteiger charge is -2.25. The summed E-state index contributed by atoms with van der Waals surface area (Å²) in [5, 5.41) is 12.2. The number of hydrogen-bond acceptors (Lipinski definition) is 3. The largest absolute Gasteiger partial charge is 0.478 e. The Bertz CT molecular complexity index is 461. The maximum atomic E-state index is 8.63. The smallest absolute Gasteiger partial charge is 0.174 e. The summed E-state index contributed by atoms with van der Waals surface area (Å²) in [7, 11) is 0. The molecular weight excluding hydrogens is 260 g/mol. The Hall–Kier alpha value is -1.53. The molecule has 1 atom stereocenters. The van der Waals surface area contributed by atoms with E-state index in [1.54, 1.807) is 0 Å². The lowest BCUT2D eigenvalue weighted by molar-refractivity contribution is 0.303. The molecule has 1 aromatic rings. The molecule has 2 rings (SSSR count). The van der Waals surface area contributed by atoms with Crippen LogP contribution in [0, 0.1) is 17.2 Å². The van der Waals surface area contributed by atoms with Crippen molar-refractivity contribution in [1.29, 1.82) is 5.26 Å². The second-order valence-electron chi connectivity index (χ2n) is 6.08. The molecule has 0 aliphatic heterocycles. The number of hydrogen-bond donors (Lipinski definition) is 1. The van der Waals surface area contributed by atoms with Gasteiger partial charge in [-0.1, -0.05) is 50.3 Å². The van der Waals surface area contributed by atoms with Crippen molar-refractivity contribution in [2.45, 2.75) is 58.0 Å². The lowest BCUT2D eigenvalue weighted by atomic mass is 9.85. The van der Waals surface area contributed by atoms with Crippen LogP contribution in [0.4, 0.5) is 0 Å². The Kier molecular flexibility index (Phi) is 6.56. The van der Waals surface area contributed by atoms with Crippen LogP contribution in [0.25, 0.3) is 0 Å². The van der Waals surface area contributed by atoms with E-state index < -0.39 is 0 Å². The minimum Gasteiger partial charge on any atom is -0.478 e. The monoisotopic (exact) mass is 286 g/mol. The molecule has 0 radical (unpaired) electrons. The molecule has 0 amide bonds. The van der Waals surface area contributed by atoms with Crippen LogP contribution in [-0.4, -0.2) is 12.6 Å². The van der Waals surface area contributed by atoms with Crippen LogP contribution >= 0.6 is 0 Å². The molecule has 0 aromatic heterocycles. The molecule has 1 aliphatic carbocycles. The molecule has 0 saturated heterocycles. The summed E-state index contributed by atoms with van der Waals surface area (Å²) in [5.74, 6) is 1.71. The first-order chi connectivity index (χ1) is 10.3. The normalized spacial score (nSPS) is 17.1. The van der Waals surface area contributed by atoms with Gasteiger partial charge in [-0.2, -0.15) is 5.26 Å². The van der Waals surface area contributed by atoms with Gasteiger partial charge < -0.3 is 10.1 Å². The number of nitriles is 1. The van der Waals surface area contributed by atoms with Gasteiger partial charge in [-0.25, -0.2) is 0 Å². The van der Waals surface area contributed by atoms with Crippen LogP contribution in [-0.2, 0) is 6.54 Å². The van der Waals surface area contributed by atoms with E-state index in [4.69, 9.17) is 10.00 Å². The average molecular weight is 286 g/mol. The first kappa shape index (κ1) is 15.9. The van der Waals surface area contributed by atoms with E-state index in [9.17, 15) is 0 Å². The third-order valence-corrected chi connectivity index (χ3v) is 4.32. The van der Waals surface area contributed by atoms with Crippen molar-refractivity contribution in [3.63, 3.8) is 0 Å². The highest BCUT2D eigenvalue weighted by Crippen LogP contribution is 2.27. The van der Waals surface area contributed by atoms with Gasteiger partial charge in [0, 0.05) is 18.2 Å². The molecule has 1 aromatic carbocycles. The summed E-state index contributed by atoms with van der Waals surface area (Å²) in [6.45, 7) is 3.18. The van der Waals surface area contributed by atoms with E-state index in [-0.39, 0.29) is 6.61 Å². The molecule has 0 unspecified atom stereocenters. The molecular formula is C18H26N2O. The first-order valence-electron chi connectivity index (χ1n) is 8.10. The van der Waals surface area contributed by atoms with E-state index in [1.165, 1.54) is 38.5 Å². The number of benzene rings is 1. The highest BCUT2D eigenvalue weighted by molar-refractivity contribution is 5.33. The zero-order valence-electron chi connectivity index (χ0n) is 13.0. The molecule has 1 aliphatic rings. The summed E-state index contributed by atoms with van der Waals surface area (Å²) < 4.78 is 5.47. The number of ether oxygens (including phenoxy) is 1. The predicted molar refractivity (Wildman–Crippen MR) is 85.0 cm³/mol. The van der Waals surface area contributed by atoms with E-state index in [0.29, 0.717) is 6.04 Å². The van der Waals surface area contributed by atoms with Gasteiger partial charge in [0.2, 0.25) is 0 Å². The molecule has 1 saturated carbocycles. The van der Waals surface area contributed by atoms with E-state index >= 15 is 0 Å². The van der Waals surface area contributed by atoms with Crippen molar-refractivity contribution in [1.82, 2.24) is 5.32 Å². The third kappa shape index (κ3) is 5.40. The maximum Gasteiger partial charge on any atom is 0.174 e. The lowest BCUT2D eigenvalue weighted by Crippen LogP contribution is -2.28. The number of nitrogens with zero attached hydrogens (tertiary/aromatic N) is 1. The second kappa shape index (κ2) is 8.69. The fourth-order valence-electron chi connectivity index (χ4n) is 3.19. The van der Waals surface area contributed by atoms with Gasteiger partial charge in [0.05, 0.1) is 0 Å². The van der Waals surface area contributed by atoms with Gasteiger partial charge in [0.15, 0.2) is 6.61 Å². The number of rotatable bonds is 7. The van der Waals surface area contributed by atoms with Crippen LogP contribution in [0.1, 0.15) is 51.0 Å². The summed E-state index contributed by atoms with van der Waals surface area (Å²) in [4.78, 5) is 0. The van der Waals surface area contributed by atoms with Gasteiger partial charge in [-0.05, 0) is 25.3 Å². The van der Waals surface area contributed by atoms with Crippen molar-refractivity contribution in [3.05, 3.63) is 29.8 Å². The standard InChI is InChI=1S/C18H26N2O/c1-15(13-16-7-3-2-4-8-16)20-14-17-9-5-6-10-18(17)21-12-11-19/h5-6,9-10,15-16,20H,2-4,7-8,12-14H2,1H3/t15-/m0/s1. The Morgan fingerprint density at radius 2 is 2.05 bits per heavy atom. The van der Waals surface area contributed by atoms with E-state index in [0.717, 1.165) is 23.8 Å². The fourth-order valence-corrected chi connectivity index (χ4v) is 3.19. The average Bonchev–Trinajstić information content (AvgIpc) is 2.52. The van der Waals surface area contributed by atoms with Crippen LogP contribution < -0.4 is 10.1 Å². The van der Waals surface area contributed by atoms with Gasteiger partial charge >= 0.3 is 0 Å². The predicted octanol–water partition coefficient (Wildman–Crippen LogP) is 4.04. The molecule has 1 N–H and O–H groups in total. The Morgan fingerprint density at radius 3 is 2.81 bits per heavy atom. The molecule has 0 heterocycles. The maximum absolute atomic E-state index is 8.63. The Labute approximate surface area is 128 Å². The molecule has 0 bridgehead atoms. The van der Waals surface area contributed by atoms with Crippen molar-refractivity contribution in [2.24, 2.45) is 5.92 Å². The van der Waals surface area contributed by atoms with Crippen LogP contribution in [0.3, 0.4) is 0 Å². The molecule has 0 spiro atoms. The zero-order chi connectivity index (χ0) is 14.9. The summed E-state index contributed by atoms with van der Waals surface area (Å²) in [6.07, 6.45) is 8.29. The van der Waals surface area contributed by atoms with Gasteiger partial charge in [0.1, 0.15) is 11.8 Å².